The summed E-state index contributed by atoms with van der Waals surface area (Å²) in [5.41, 5.74) is 0. The number of aliphatic hydroxyl groups excluding tert-OH is 1. The summed E-state index contributed by atoms with van der Waals surface area (Å²) in [7, 11) is 0. The molecule has 1 aliphatic carbocycles. The Hall–Kier alpha value is -0.120. The Morgan fingerprint density at radius 2 is 2.09 bits per heavy atom. The van der Waals surface area contributed by atoms with E-state index in [1.807, 2.05) is 0 Å². The largest absolute Gasteiger partial charge is 0.393 e. The molecule has 2 fully saturated rings. The summed E-state index contributed by atoms with van der Waals surface area (Å²) < 4.78 is 0. The fourth-order valence-electron chi connectivity index (χ4n) is 1.85. The zero-order chi connectivity index (χ0) is 7.68. The van der Waals surface area contributed by atoms with Crippen molar-refractivity contribution in [1.82, 2.24) is 10.6 Å². The van der Waals surface area contributed by atoms with Crippen molar-refractivity contribution in [1.29, 1.82) is 0 Å². The lowest BCUT2D eigenvalue weighted by Gasteiger charge is -2.34. The highest BCUT2D eigenvalue weighted by Gasteiger charge is 2.29. The van der Waals surface area contributed by atoms with Crippen molar-refractivity contribution < 1.29 is 5.11 Å². The average Bonchev–Trinajstić information content (AvgIpc) is 2.36. The van der Waals surface area contributed by atoms with E-state index in [-0.39, 0.29) is 6.10 Å². The molecule has 0 spiro atoms. The number of rotatable bonds is 2. The van der Waals surface area contributed by atoms with Crippen molar-refractivity contribution in [2.75, 3.05) is 13.1 Å². The van der Waals surface area contributed by atoms with Crippen LogP contribution < -0.4 is 10.6 Å². The second-order valence-corrected chi connectivity index (χ2v) is 3.68. The lowest BCUT2D eigenvalue weighted by Crippen LogP contribution is -2.49. The third-order valence-corrected chi connectivity index (χ3v) is 2.64. The molecular formula is C8H16N2O. The van der Waals surface area contributed by atoms with Crippen LogP contribution in [0.4, 0.5) is 0 Å². The van der Waals surface area contributed by atoms with Gasteiger partial charge in [-0.05, 0) is 25.8 Å². The Bertz CT molecular complexity index is 128. The highest BCUT2D eigenvalue weighted by Crippen LogP contribution is 2.20. The second kappa shape index (κ2) is 3.09. The quantitative estimate of drug-likeness (QED) is 0.503. The maximum atomic E-state index is 9.04. The molecule has 3 nitrogen and oxygen atoms in total. The molecule has 0 aromatic heterocycles. The maximum absolute atomic E-state index is 9.04. The summed E-state index contributed by atoms with van der Waals surface area (Å²) in [6, 6.07) is 1.25. The topological polar surface area (TPSA) is 44.3 Å². The van der Waals surface area contributed by atoms with Gasteiger partial charge in [0.05, 0.1) is 6.10 Å². The van der Waals surface area contributed by atoms with E-state index in [9.17, 15) is 0 Å². The van der Waals surface area contributed by atoms with Gasteiger partial charge < -0.3 is 15.7 Å². The zero-order valence-corrected chi connectivity index (χ0v) is 6.71. The van der Waals surface area contributed by atoms with Crippen LogP contribution in [-0.2, 0) is 0 Å². The molecule has 1 unspecified atom stereocenters. The average molecular weight is 156 g/mol. The molecule has 64 valence electrons. The Balaban J connectivity index is 1.66. The third kappa shape index (κ3) is 1.72. The molecule has 1 saturated carbocycles. The summed E-state index contributed by atoms with van der Waals surface area (Å²) in [4.78, 5) is 0. The highest BCUT2D eigenvalue weighted by atomic mass is 16.3. The van der Waals surface area contributed by atoms with E-state index in [0.717, 1.165) is 25.9 Å². The van der Waals surface area contributed by atoms with E-state index in [4.69, 9.17) is 5.11 Å². The Morgan fingerprint density at radius 1 is 1.27 bits per heavy atom. The van der Waals surface area contributed by atoms with E-state index < -0.39 is 0 Å². The van der Waals surface area contributed by atoms with Crippen molar-refractivity contribution in [3.05, 3.63) is 0 Å². The predicted octanol–water partition coefficient (Wildman–Crippen LogP) is -0.539. The first-order valence-electron chi connectivity index (χ1n) is 4.49. The van der Waals surface area contributed by atoms with Gasteiger partial charge in [0.15, 0.2) is 0 Å². The lowest BCUT2D eigenvalue weighted by molar-refractivity contribution is 0.0587. The van der Waals surface area contributed by atoms with Crippen LogP contribution in [0.3, 0.4) is 0 Å². The fraction of sp³-hybridized carbons (Fsp3) is 1.00. The molecule has 0 aromatic rings. The second-order valence-electron chi connectivity index (χ2n) is 3.68. The Labute approximate surface area is 67.2 Å². The van der Waals surface area contributed by atoms with Gasteiger partial charge in [0.1, 0.15) is 0 Å². The van der Waals surface area contributed by atoms with E-state index in [1.165, 1.54) is 6.42 Å². The molecule has 0 bridgehead atoms. The van der Waals surface area contributed by atoms with Gasteiger partial charge in [0.25, 0.3) is 0 Å². The van der Waals surface area contributed by atoms with Crippen LogP contribution >= 0.6 is 0 Å². The van der Waals surface area contributed by atoms with Gasteiger partial charge in [-0.25, -0.2) is 0 Å². The SMILES string of the molecule is OC1CC(NC2CCNC2)C1. The van der Waals surface area contributed by atoms with Crippen LogP contribution in [0.15, 0.2) is 0 Å². The molecule has 0 aromatic carbocycles. The molecule has 1 saturated heterocycles. The van der Waals surface area contributed by atoms with E-state index >= 15 is 0 Å². The first kappa shape index (κ1) is 7.53. The van der Waals surface area contributed by atoms with Crippen LogP contribution in [0.5, 0.6) is 0 Å². The van der Waals surface area contributed by atoms with Gasteiger partial charge >= 0.3 is 0 Å². The van der Waals surface area contributed by atoms with Gasteiger partial charge in [0.2, 0.25) is 0 Å². The smallest absolute Gasteiger partial charge is 0.0570 e. The van der Waals surface area contributed by atoms with Crippen LogP contribution in [0.1, 0.15) is 19.3 Å². The Morgan fingerprint density at radius 3 is 2.64 bits per heavy atom. The monoisotopic (exact) mass is 156 g/mol. The molecule has 2 rings (SSSR count). The molecule has 1 atom stereocenters. The van der Waals surface area contributed by atoms with Gasteiger partial charge in [-0.2, -0.15) is 0 Å². The van der Waals surface area contributed by atoms with Crippen molar-refractivity contribution in [2.24, 2.45) is 0 Å². The summed E-state index contributed by atoms with van der Waals surface area (Å²) in [6.45, 7) is 2.25. The first-order chi connectivity index (χ1) is 5.34. The molecular weight excluding hydrogens is 140 g/mol. The fourth-order valence-corrected chi connectivity index (χ4v) is 1.85. The summed E-state index contributed by atoms with van der Waals surface area (Å²) >= 11 is 0. The molecule has 0 amide bonds. The molecule has 11 heavy (non-hydrogen) atoms. The highest BCUT2D eigenvalue weighted by molar-refractivity contribution is 4.89. The van der Waals surface area contributed by atoms with Gasteiger partial charge in [-0.3, -0.25) is 0 Å². The molecule has 2 aliphatic rings. The minimum Gasteiger partial charge on any atom is -0.393 e. The maximum Gasteiger partial charge on any atom is 0.0570 e. The number of nitrogens with one attached hydrogen (secondary N) is 2. The van der Waals surface area contributed by atoms with Gasteiger partial charge in [-0.1, -0.05) is 0 Å². The van der Waals surface area contributed by atoms with Crippen LogP contribution in [0, 0.1) is 0 Å². The van der Waals surface area contributed by atoms with Crippen molar-refractivity contribution in [3.8, 4) is 0 Å². The zero-order valence-electron chi connectivity index (χ0n) is 6.71. The van der Waals surface area contributed by atoms with Crippen LogP contribution in [-0.4, -0.2) is 36.4 Å². The molecule has 3 N–H and O–H groups in total. The summed E-state index contributed by atoms with van der Waals surface area (Å²) in [5, 5.41) is 15.9. The number of hydrogen-bond acceptors (Lipinski definition) is 3. The lowest BCUT2D eigenvalue weighted by atomic mass is 9.89. The first-order valence-corrected chi connectivity index (χ1v) is 4.49. The normalized spacial score (nSPS) is 43.9. The van der Waals surface area contributed by atoms with Crippen molar-refractivity contribution in [2.45, 2.75) is 37.5 Å². The molecule has 0 radical (unpaired) electrons. The molecule has 1 aliphatic heterocycles. The summed E-state index contributed by atoms with van der Waals surface area (Å²) in [6.07, 6.45) is 3.13. The predicted molar refractivity (Wildman–Crippen MR) is 43.4 cm³/mol. The number of aliphatic hydroxyl groups is 1. The van der Waals surface area contributed by atoms with E-state index in [0.29, 0.717) is 12.1 Å². The van der Waals surface area contributed by atoms with Crippen LogP contribution in [0.25, 0.3) is 0 Å². The number of hydrogen-bond donors (Lipinski definition) is 3. The standard InChI is InChI=1S/C8H16N2O/c11-8-3-7(4-8)10-6-1-2-9-5-6/h6-11H,1-5H2. The minimum absolute atomic E-state index is 0.0261. The molecule has 1 heterocycles. The van der Waals surface area contributed by atoms with Crippen LogP contribution in [0.2, 0.25) is 0 Å². The summed E-state index contributed by atoms with van der Waals surface area (Å²) in [5.74, 6) is 0. The van der Waals surface area contributed by atoms with Crippen molar-refractivity contribution in [3.63, 3.8) is 0 Å². The van der Waals surface area contributed by atoms with E-state index in [2.05, 4.69) is 10.6 Å². The van der Waals surface area contributed by atoms with Gasteiger partial charge in [-0.15, -0.1) is 0 Å². The molecule has 3 heteroatoms. The third-order valence-electron chi connectivity index (χ3n) is 2.64. The van der Waals surface area contributed by atoms with Crippen molar-refractivity contribution >= 4 is 0 Å². The van der Waals surface area contributed by atoms with Gasteiger partial charge in [0, 0.05) is 18.6 Å². The minimum atomic E-state index is -0.0261. The van der Waals surface area contributed by atoms with E-state index in [1.54, 1.807) is 0 Å². The Kier molecular flexibility index (Phi) is 2.11.